The molecule has 0 saturated heterocycles. The molecule has 0 radical (unpaired) electrons. The van der Waals surface area contributed by atoms with Gasteiger partial charge in [-0.1, -0.05) is 56.3 Å². The zero-order chi connectivity index (χ0) is 22.0. The number of nitrogens with zero attached hydrogens (tertiary/aromatic N) is 2. The van der Waals surface area contributed by atoms with Crippen LogP contribution in [0.15, 0.2) is 54.6 Å². The third-order valence-electron chi connectivity index (χ3n) is 4.98. The Hall–Kier alpha value is -3.48. The van der Waals surface area contributed by atoms with Crippen molar-refractivity contribution in [3.63, 3.8) is 0 Å². The standard InChI is InChI=1S/C23H24N2O5/c1-14(2)18(25-20(26)16-12-8-9-13-17(16)21(25)27)23(29)30-19(22(28)24(3)4)15-10-6-5-7-11-15/h5-14,18-19H,1-4H3/t18-,19-/m0/s1. The Bertz CT molecular complexity index is 949. The van der Waals surface area contributed by atoms with Gasteiger partial charge < -0.3 is 9.64 Å². The van der Waals surface area contributed by atoms with Crippen molar-refractivity contribution in [2.24, 2.45) is 5.92 Å². The van der Waals surface area contributed by atoms with Crippen LogP contribution in [0.5, 0.6) is 0 Å². The summed E-state index contributed by atoms with van der Waals surface area (Å²) >= 11 is 0. The lowest BCUT2D eigenvalue weighted by Crippen LogP contribution is -2.49. The number of carbonyl (C=O) groups is 4. The van der Waals surface area contributed by atoms with Crippen LogP contribution in [0.2, 0.25) is 0 Å². The summed E-state index contributed by atoms with van der Waals surface area (Å²) in [6.45, 7) is 3.45. The molecule has 0 saturated carbocycles. The summed E-state index contributed by atoms with van der Waals surface area (Å²) in [6, 6.07) is 13.9. The van der Waals surface area contributed by atoms with Crippen molar-refractivity contribution in [1.82, 2.24) is 9.80 Å². The van der Waals surface area contributed by atoms with E-state index in [0.717, 1.165) is 4.90 Å². The Labute approximate surface area is 175 Å². The van der Waals surface area contributed by atoms with E-state index in [0.29, 0.717) is 5.56 Å². The highest BCUT2D eigenvalue weighted by molar-refractivity contribution is 6.22. The lowest BCUT2D eigenvalue weighted by molar-refractivity contribution is -0.164. The second-order valence-corrected chi connectivity index (χ2v) is 7.68. The van der Waals surface area contributed by atoms with E-state index in [1.165, 1.54) is 4.90 Å². The summed E-state index contributed by atoms with van der Waals surface area (Å²) < 4.78 is 5.61. The Morgan fingerprint density at radius 2 is 1.37 bits per heavy atom. The Morgan fingerprint density at radius 3 is 1.83 bits per heavy atom. The lowest BCUT2D eigenvalue weighted by atomic mass is 10.0. The highest BCUT2D eigenvalue weighted by Crippen LogP contribution is 2.29. The van der Waals surface area contributed by atoms with Gasteiger partial charge in [-0.2, -0.15) is 0 Å². The van der Waals surface area contributed by atoms with Crippen molar-refractivity contribution in [3.05, 3.63) is 71.3 Å². The van der Waals surface area contributed by atoms with Gasteiger partial charge >= 0.3 is 5.97 Å². The first-order valence-corrected chi connectivity index (χ1v) is 9.67. The molecule has 1 aliphatic heterocycles. The molecule has 0 spiro atoms. The summed E-state index contributed by atoms with van der Waals surface area (Å²) in [6.07, 6.45) is -1.18. The fourth-order valence-corrected chi connectivity index (χ4v) is 3.45. The fourth-order valence-electron chi connectivity index (χ4n) is 3.45. The van der Waals surface area contributed by atoms with Gasteiger partial charge in [0.1, 0.15) is 6.04 Å². The fraction of sp³-hybridized carbons (Fsp3) is 0.304. The molecule has 2 aromatic rings. The first-order chi connectivity index (χ1) is 14.2. The molecule has 2 aromatic carbocycles. The van der Waals surface area contributed by atoms with Gasteiger partial charge in [0.05, 0.1) is 11.1 Å². The molecule has 0 aromatic heterocycles. The molecule has 0 aliphatic carbocycles. The van der Waals surface area contributed by atoms with Crippen LogP contribution < -0.4 is 0 Å². The molecule has 156 valence electrons. The van der Waals surface area contributed by atoms with E-state index in [4.69, 9.17) is 4.74 Å². The molecule has 1 aliphatic rings. The van der Waals surface area contributed by atoms with Crippen molar-refractivity contribution in [3.8, 4) is 0 Å². The molecule has 3 rings (SSSR count). The highest BCUT2D eigenvalue weighted by atomic mass is 16.6. The van der Waals surface area contributed by atoms with Crippen LogP contribution in [0.25, 0.3) is 0 Å². The molecular formula is C23H24N2O5. The molecule has 0 N–H and O–H groups in total. The summed E-state index contributed by atoms with van der Waals surface area (Å²) in [4.78, 5) is 53.9. The minimum Gasteiger partial charge on any atom is -0.446 e. The second-order valence-electron chi connectivity index (χ2n) is 7.68. The first kappa shape index (κ1) is 21.2. The topological polar surface area (TPSA) is 84.0 Å². The number of likely N-dealkylation sites (N-methyl/N-ethyl adjacent to an activating group) is 1. The minimum atomic E-state index is -1.18. The van der Waals surface area contributed by atoms with Gasteiger partial charge in [-0.3, -0.25) is 19.3 Å². The first-order valence-electron chi connectivity index (χ1n) is 9.67. The van der Waals surface area contributed by atoms with Crippen LogP contribution in [0, 0.1) is 5.92 Å². The number of rotatable bonds is 6. The smallest absolute Gasteiger partial charge is 0.330 e. The number of esters is 1. The van der Waals surface area contributed by atoms with Gasteiger partial charge in [0.2, 0.25) is 6.10 Å². The molecule has 7 heteroatoms. The van der Waals surface area contributed by atoms with Gasteiger partial charge in [-0.05, 0) is 18.1 Å². The summed E-state index contributed by atoms with van der Waals surface area (Å²) in [5, 5.41) is 0. The van der Waals surface area contributed by atoms with E-state index in [2.05, 4.69) is 0 Å². The zero-order valence-corrected chi connectivity index (χ0v) is 17.4. The third kappa shape index (κ3) is 3.83. The number of fused-ring (bicyclic) bond motifs is 1. The monoisotopic (exact) mass is 408 g/mol. The molecule has 3 amide bonds. The Kier molecular flexibility index (Phi) is 6.01. The minimum absolute atomic E-state index is 0.255. The van der Waals surface area contributed by atoms with Gasteiger partial charge in [0, 0.05) is 19.7 Å². The van der Waals surface area contributed by atoms with Crippen LogP contribution in [-0.4, -0.2) is 53.6 Å². The largest absolute Gasteiger partial charge is 0.446 e. The normalized spacial score (nSPS) is 15.0. The molecule has 0 fully saturated rings. The zero-order valence-electron chi connectivity index (χ0n) is 17.4. The maximum Gasteiger partial charge on any atom is 0.330 e. The van der Waals surface area contributed by atoms with Crippen molar-refractivity contribution in [2.75, 3.05) is 14.1 Å². The number of ether oxygens (including phenoxy) is 1. The molecular weight excluding hydrogens is 384 g/mol. The Morgan fingerprint density at radius 1 is 0.867 bits per heavy atom. The van der Waals surface area contributed by atoms with Crippen molar-refractivity contribution in [2.45, 2.75) is 26.0 Å². The van der Waals surface area contributed by atoms with Crippen LogP contribution in [0.4, 0.5) is 0 Å². The quantitative estimate of drug-likeness (QED) is 0.542. The number of carbonyl (C=O) groups excluding carboxylic acids is 4. The van der Waals surface area contributed by atoms with E-state index in [1.54, 1.807) is 82.5 Å². The van der Waals surface area contributed by atoms with Crippen molar-refractivity contribution in [1.29, 1.82) is 0 Å². The second kappa shape index (κ2) is 8.49. The van der Waals surface area contributed by atoms with E-state index in [9.17, 15) is 19.2 Å². The molecule has 7 nitrogen and oxygen atoms in total. The van der Waals surface area contributed by atoms with Crippen LogP contribution >= 0.6 is 0 Å². The predicted molar refractivity (Wildman–Crippen MR) is 110 cm³/mol. The van der Waals surface area contributed by atoms with E-state index in [1.807, 2.05) is 0 Å². The van der Waals surface area contributed by atoms with E-state index >= 15 is 0 Å². The Balaban J connectivity index is 1.93. The third-order valence-corrected chi connectivity index (χ3v) is 4.98. The summed E-state index contributed by atoms with van der Waals surface area (Å²) in [7, 11) is 3.13. The lowest BCUT2D eigenvalue weighted by Gasteiger charge is -2.30. The number of amides is 3. The molecule has 2 atom stereocenters. The average Bonchev–Trinajstić information content (AvgIpc) is 2.97. The van der Waals surface area contributed by atoms with Gasteiger partial charge in [-0.25, -0.2) is 4.79 Å². The highest BCUT2D eigenvalue weighted by Gasteiger charge is 2.45. The van der Waals surface area contributed by atoms with Crippen LogP contribution in [-0.2, 0) is 14.3 Å². The predicted octanol–water partition coefficient (Wildman–Crippen LogP) is 2.68. The number of hydrogen-bond donors (Lipinski definition) is 0. The van der Waals surface area contributed by atoms with Crippen molar-refractivity contribution < 1.29 is 23.9 Å². The summed E-state index contributed by atoms with van der Waals surface area (Å²) in [5.74, 6) is -2.71. The SMILES string of the molecule is CC(C)[C@@H](C(=O)O[C@H](C(=O)N(C)C)c1ccccc1)N1C(=O)c2ccccc2C1=O. The van der Waals surface area contributed by atoms with Crippen LogP contribution in [0.1, 0.15) is 46.2 Å². The molecule has 0 bridgehead atoms. The van der Waals surface area contributed by atoms with Gasteiger partial charge in [-0.15, -0.1) is 0 Å². The van der Waals surface area contributed by atoms with Crippen LogP contribution in [0.3, 0.4) is 0 Å². The van der Waals surface area contributed by atoms with Gasteiger partial charge in [0.15, 0.2) is 0 Å². The average molecular weight is 408 g/mol. The van der Waals surface area contributed by atoms with E-state index in [-0.39, 0.29) is 11.1 Å². The number of imide groups is 1. The molecule has 1 heterocycles. The molecule has 0 unspecified atom stereocenters. The molecule has 30 heavy (non-hydrogen) atoms. The maximum atomic E-state index is 13.2. The number of benzene rings is 2. The summed E-state index contributed by atoms with van der Waals surface area (Å²) in [5.41, 5.74) is 1.02. The van der Waals surface area contributed by atoms with E-state index < -0.39 is 41.8 Å². The number of hydrogen-bond acceptors (Lipinski definition) is 5. The maximum absolute atomic E-state index is 13.2. The van der Waals surface area contributed by atoms with Crippen molar-refractivity contribution >= 4 is 23.7 Å². The van der Waals surface area contributed by atoms with Gasteiger partial charge in [0.25, 0.3) is 17.7 Å².